The van der Waals surface area contributed by atoms with Crippen LogP contribution in [-0.4, -0.2) is 25.7 Å². The van der Waals surface area contributed by atoms with Gasteiger partial charge < -0.3 is 5.32 Å². The Morgan fingerprint density at radius 2 is 1.81 bits per heavy atom. The maximum atomic E-state index is 13.8. The van der Waals surface area contributed by atoms with Crippen LogP contribution in [0.2, 0.25) is 0 Å². The number of nitrogens with zero attached hydrogens (tertiary/aromatic N) is 4. The van der Waals surface area contributed by atoms with Crippen LogP contribution in [0.15, 0.2) is 66.9 Å². The van der Waals surface area contributed by atoms with E-state index in [0.717, 1.165) is 16.8 Å². The number of fused-ring (bicyclic) bond motifs is 2. The van der Waals surface area contributed by atoms with Gasteiger partial charge in [-0.05, 0) is 56.3 Å². The summed E-state index contributed by atoms with van der Waals surface area (Å²) >= 11 is 0. The molecule has 0 radical (unpaired) electrons. The zero-order valence-corrected chi connectivity index (χ0v) is 16.9. The summed E-state index contributed by atoms with van der Waals surface area (Å²) in [5.74, 6) is -0.769. The largest absolute Gasteiger partial charge is 0.321 e. The molecule has 31 heavy (non-hydrogen) atoms. The van der Waals surface area contributed by atoms with Crippen LogP contribution in [0, 0.1) is 19.7 Å². The van der Waals surface area contributed by atoms with Crippen LogP contribution in [0.25, 0.3) is 27.6 Å². The number of hydrogen-bond donors (Lipinski definition) is 1. The molecule has 152 valence electrons. The van der Waals surface area contributed by atoms with E-state index in [0.29, 0.717) is 33.5 Å². The van der Waals surface area contributed by atoms with Crippen LogP contribution in [0.5, 0.6) is 0 Å². The molecule has 1 N–H and O–H groups in total. The number of pyridine rings is 2. The molecular formula is C24H18FN5O. The van der Waals surface area contributed by atoms with Gasteiger partial charge in [0.15, 0.2) is 5.65 Å². The molecule has 0 spiro atoms. The number of carbonyl (C=O) groups is 1. The van der Waals surface area contributed by atoms with E-state index in [-0.39, 0.29) is 5.91 Å². The van der Waals surface area contributed by atoms with Crippen molar-refractivity contribution in [3.8, 4) is 5.69 Å². The van der Waals surface area contributed by atoms with Crippen LogP contribution in [-0.2, 0) is 0 Å². The Balaban J connectivity index is 1.53. The molecule has 0 aliphatic carbocycles. The lowest BCUT2D eigenvalue weighted by atomic mass is 10.1. The van der Waals surface area contributed by atoms with E-state index in [2.05, 4.69) is 20.4 Å². The Kier molecular flexibility index (Phi) is 4.43. The zero-order chi connectivity index (χ0) is 21.5. The van der Waals surface area contributed by atoms with Crippen molar-refractivity contribution >= 4 is 33.5 Å². The van der Waals surface area contributed by atoms with Gasteiger partial charge in [-0.15, -0.1) is 0 Å². The molecule has 2 aromatic carbocycles. The van der Waals surface area contributed by atoms with Crippen molar-refractivity contribution < 1.29 is 9.18 Å². The molecule has 0 saturated carbocycles. The third-order valence-electron chi connectivity index (χ3n) is 5.11. The van der Waals surface area contributed by atoms with Gasteiger partial charge in [0, 0.05) is 16.5 Å². The van der Waals surface area contributed by atoms with Gasteiger partial charge in [0.05, 0.1) is 34.3 Å². The first kappa shape index (κ1) is 18.9. The van der Waals surface area contributed by atoms with Crippen molar-refractivity contribution in [3.05, 3.63) is 89.6 Å². The second kappa shape index (κ2) is 7.28. The molecule has 0 aliphatic rings. The van der Waals surface area contributed by atoms with E-state index in [9.17, 15) is 9.18 Å². The monoisotopic (exact) mass is 411 g/mol. The van der Waals surface area contributed by atoms with Crippen LogP contribution in [0.1, 0.15) is 21.7 Å². The molecule has 0 saturated heterocycles. The molecule has 3 aromatic heterocycles. The number of aryl methyl sites for hydroxylation is 2. The van der Waals surface area contributed by atoms with E-state index in [1.54, 1.807) is 29.9 Å². The maximum absolute atomic E-state index is 13.8. The molecule has 0 aliphatic heterocycles. The van der Waals surface area contributed by atoms with Crippen molar-refractivity contribution in [2.45, 2.75) is 13.8 Å². The van der Waals surface area contributed by atoms with Gasteiger partial charge in [0.25, 0.3) is 5.91 Å². The van der Waals surface area contributed by atoms with E-state index in [1.165, 1.54) is 12.1 Å². The molecule has 0 atom stereocenters. The number of para-hydroxylation sites is 1. The van der Waals surface area contributed by atoms with Crippen LogP contribution in [0.3, 0.4) is 0 Å². The van der Waals surface area contributed by atoms with Crippen molar-refractivity contribution in [2.75, 3.05) is 5.32 Å². The number of hydrogen-bond acceptors (Lipinski definition) is 4. The minimum atomic E-state index is -0.417. The smallest absolute Gasteiger partial charge is 0.256 e. The number of nitrogens with one attached hydrogen (secondary N) is 1. The van der Waals surface area contributed by atoms with Gasteiger partial charge in [0.2, 0.25) is 0 Å². The van der Waals surface area contributed by atoms with Crippen LogP contribution >= 0.6 is 0 Å². The highest BCUT2D eigenvalue weighted by Gasteiger charge is 2.16. The summed E-state index contributed by atoms with van der Waals surface area (Å²) < 4.78 is 15.6. The topological polar surface area (TPSA) is 72.7 Å². The molecule has 7 heteroatoms. The molecule has 0 bridgehead atoms. The fourth-order valence-corrected chi connectivity index (χ4v) is 3.68. The Morgan fingerprint density at radius 3 is 2.61 bits per heavy atom. The van der Waals surface area contributed by atoms with Crippen molar-refractivity contribution in [1.82, 2.24) is 19.7 Å². The Morgan fingerprint density at radius 1 is 1.00 bits per heavy atom. The minimum Gasteiger partial charge on any atom is -0.321 e. The fraction of sp³-hybridized carbons (Fsp3) is 0.0833. The molecule has 5 aromatic rings. The molecule has 3 heterocycles. The maximum Gasteiger partial charge on any atom is 0.256 e. The number of aromatic nitrogens is 4. The number of benzene rings is 2. The molecule has 0 unspecified atom stereocenters. The summed E-state index contributed by atoms with van der Waals surface area (Å²) in [6, 6.07) is 17.5. The Bertz CT molecular complexity index is 1460. The average Bonchev–Trinajstić information content (AvgIpc) is 3.10. The van der Waals surface area contributed by atoms with E-state index in [1.807, 2.05) is 43.3 Å². The second-order valence-corrected chi connectivity index (χ2v) is 7.35. The van der Waals surface area contributed by atoms with Gasteiger partial charge in [-0.3, -0.25) is 9.78 Å². The summed E-state index contributed by atoms with van der Waals surface area (Å²) in [7, 11) is 0. The number of carbonyl (C=O) groups excluding carboxylic acids is 1. The average molecular weight is 411 g/mol. The lowest BCUT2D eigenvalue weighted by Crippen LogP contribution is -2.13. The Labute approximate surface area is 177 Å². The summed E-state index contributed by atoms with van der Waals surface area (Å²) in [4.78, 5) is 21.9. The van der Waals surface area contributed by atoms with Crippen LogP contribution < -0.4 is 5.32 Å². The first-order chi connectivity index (χ1) is 15.0. The summed E-state index contributed by atoms with van der Waals surface area (Å²) in [5, 5.41) is 8.77. The molecule has 6 nitrogen and oxygen atoms in total. The third kappa shape index (κ3) is 3.40. The van der Waals surface area contributed by atoms with Crippen LogP contribution in [0.4, 0.5) is 10.1 Å². The highest BCUT2D eigenvalue weighted by molar-refractivity contribution is 6.12. The number of amides is 1. The van der Waals surface area contributed by atoms with Gasteiger partial charge in [-0.1, -0.05) is 18.2 Å². The van der Waals surface area contributed by atoms with Gasteiger partial charge in [-0.25, -0.2) is 14.1 Å². The molecule has 0 fully saturated rings. The quantitative estimate of drug-likeness (QED) is 0.455. The van der Waals surface area contributed by atoms with Gasteiger partial charge in [-0.2, -0.15) is 5.10 Å². The fourth-order valence-electron chi connectivity index (χ4n) is 3.68. The summed E-state index contributed by atoms with van der Waals surface area (Å²) in [5.41, 5.74) is 4.55. The molecule has 5 rings (SSSR count). The number of halogens is 1. The standard InChI is InChI=1S/C24H18FN5O/c1-14-10-21(20-11-16(25)8-9-22(20)27-14)24(31)28-17-12-19-15(2)29-30(23(19)26-13-17)18-6-4-3-5-7-18/h3-13H,1-2H3,(H,28,31). The first-order valence-electron chi connectivity index (χ1n) is 9.79. The predicted octanol–water partition coefficient (Wildman–Crippen LogP) is 4.98. The first-order valence-corrected chi connectivity index (χ1v) is 9.79. The third-order valence-corrected chi connectivity index (χ3v) is 5.11. The van der Waals surface area contributed by atoms with Crippen molar-refractivity contribution in [2.24, 2.45) is 0 Å². The molecular weight excluding hydrogens is 393 g/mol. The van der Waals surface area contributed by atoms with Gasteiger partial charge in [0.1, 0.15) is 5.82 Å². The second-order valence-electron chi connectivity index (χ2n) is 7.35. The lowest BCUT2D eigenvalue weighted by molar-refractivity contribution is 0.102. The number of anilines is 1. The SMILES string of the molecule is Cc1cc(C(=O)Nc2cnc3c(c2)c(C)nn3-c2ccccc2)c2cc(F)ccc2n1. The minimum absolute atomic E-state index is 0.352. The van der Waals surface area contributed by atoms with E-state index in [4.69, 9.17) is 0 Å². The van der Waals surface area contributed by atoms with E-state index >= 15 is 0 Å². The van der Waals surface area contributed by atoms with Crippen molar-refractivity contribution in [1.29, 1.82) is 0 Å². The van der Waals surface area contributed by atoms with Crippen molar-refractivity contribution in [3.63, 3.8) is 0 Å². The summed E-state index contributed by atoms with van der Waals surface area (Å²) in [6.07, 6.45) is 1.59. The normalized spacial score (nSPS) is 11.2. The lowest BCUT2D eigenvalue weighted by Gasteiger charge is -2.09. The van der Waals surface area contributed by atoms with Gasteiger partial charge >= 0.3 is 0 Å². The number of rotatable bonds is 3. The molecule has 1 amide bonds. The van der Waals surface area contributed by atoms with E-state index < -0.39 is 5.82 Å². The highest BCUT2D eigenvalue weighted by Crippen LogP contribution is 2.25. The summed E-state index contributed by atoms with van der Waals surface area (Å²) in [6.45, 7) is 3.70. The predicted molar refractivity (Wildman–Crippen MR) is 118 cm³/mol. The Hall–Kier alpha value is -4.13. The zero-order valence-electron chi connectivity index (χ0n) is 16.9. The highest BCUT2D eigenvalue weighted by atomic mass is 19.1.